The van der Waals surface area contributed by atoms with E-state index in [1.165, 1.54) is 38.5 Å². The second-order valence-corrected chi connectivity index (χ2v) is 7.73. The van der Waals surface area contributed by atoms with Crippen LogP contribution >= 0.6 is 0 Å². The molecule has 1 aliphatic carbocycles. The topological polar surface area (TPSA) is 58.6 Å². The average Bonchev–Trinajstić information content (AvgIpc) is 2.69. The first kappa shape index (κ1) is 18.9. The van der Waals surface area contributed by atoms with E-state index in [9.17, 15) is 4.79 Å². The molecule has 2 fully saturated rings. The fourth-order valence-electron chi connectivity index (χ4n) is 4.32. The van der Waals surface area contributed by atoms with Gasteiger partial charge in [-0.25, -0.2) is 4.98 Å². The van der Waals surface area contributed by atoms with E-state index in [-0.39, 0.29) is 0 Å². The van der Waals surface area contributed by atoms with E-state index in [1.54, 1.807) is 7.11 Å². The number of hydrogen-bond donors (Lipinski definition) is 0. The molecule has 144 valence electrons. The normalized spacial score (nSPS) is 21.5. The molecule has 0 bridgehead atoms. The lowest BCUT2D eigenvalue weighted by molar-refractivity contribution is -0.121. The van der Waals surface area contributed by atoms with Crippen LogP contribution in [0.2, 0.25) is 0 Å². The largest absolute Gasteiger partial charge is 0.481 e. The molecule has 6 heteroatoms. The molecule has 3 rings (SSSR count). The number of nitrogens with zero attached hydrogens (tertiary/aromatic N) is 4. The first-order chi connectivity index (χ1) is 12.7. The van der Waals surface area contributed by atoms with Crippen molar-refractivity contribution in [3.8, 4) is 5.88 Å². The molecule has 6 nitrogen and oxygen atoms in total. The van der Waals surface area contributed by atoms with Gasteiger partial charge in [0.05, 0.1) is 7.11 Å². The zero-order chi connectivity index (χ0) is 18.4. The summed E-state index contributed by atoms with van der Waals surface area (Å²) < 4.78 is 5.29. The highest BCUT2D eigenvalue weighted by molar-refractivity contribution is 5.47. The van der Waals surface area contributed by atoms with Crippen molar-refractivity contribution in [1.29, 1.82) is 0 Å². The summed E-state index contributed by atoms with van der Waals surface area (Å²) in [6.45, 7) is 4.80. The second kappa shape index (κ2) is 9.19. The summed E-state index contributed by atoms with van der Waals surface area (Å²) >= 11 is 0. The molecular weight excluding hydrogens is 328 g/mol. The van der Waals surface area contributed by atoms with Gasteiger partial charge in [0, 0.05) is 37.4 Å². The van der Waals surface area contributed by atoms with Gasteiger partial charge >= 0.3 is 0 Å². The Morgan fingerprint density at radius 3 is 2.77 bits per heavy atom. The van der Waals surface area contributed by atoms with E-state index in [2.05, 4.69) is 19.8 Å². The van der Waals surface area contributed by atoms with Crippen molar-refractivity contribution in [3.63, 3.8) is 0 Å². The average molecular weight is 361 g/mol. The minimum Gasteiger partial charge on any atom is -0.481 e. The van der Waals surface area contributed by atoms with Crippen molar-refractivity contribution in [2.45, 2.75) is 64.3 Å². The van der Waals surface area contributed by atoms with E-state index < -0.39 is 0 Å². The Morgan fingerprint density at radius 1 is 1.23 bits per heavy atom. The molecule has 1 aromatic rings. The van der Waals surface area contributed by atoms with Crippen LogP contribution in [0.15, 0.2) is 6.07 Å². The van der Waals surface area contributed by atoms with Gasteiger partial charge < -0.3 is 14.5 Å². The number of carbonyl (C=O) groups excluding carboxylic acids is 1. The van der Waals surface area contributed by atoms with E-state index >= 15 is 0 Å². The number of piperidine rings is 1. The molecule has 1 saturated carbocycles. The molecule has 1 unspecified atom stereocenters. The number of methoxy groups -OCH3 is 1. The summed E-state index contributed by atoms with van der Waals surface area (Å²) in [7, 11) is 1.64. The van der Waals surface area contributed by atoms with Crippen LogP contribution in [0.4, 0.5) is 5.95 Å². The van der Waals surface area contributed by atoms with E-state index in [4.69, 9.17) is 4.74 Å². The van der Waals surface area contributed by atoms with E-state index in [1.807, 2.05) is 13.0 Å². The van der Waals surface area contributed by atoms with Gasteiger partial charge in [0.25, 0.3) is 0 Å². The molecule has 2 heterocycles. The summed E-state index contributed by atoms with van der Waals surface area (Å²) in [6, 6.07) is 2.32. The predicted molar refractivity (Wildman–Crippen MR) is 103 cm³/mol. The first-order valence-electron chi connectivity index (χ1n) is 10.0. The van der Waals surface area contributed by atoms with Crippen LogP contribution in [-0.4, -0.2) is 54.1 Å². The van der Waals surface area contributed by atoms with Crippen molar-refractivity contribution in [2.24, 2.45) is 5.92 Å². The van der Waals surface area contributed by atoms with Gasteiger partial charge in [-0.3, -0.25) is 4.79 Å². The van der Waals surface area contributed by atoms with Crippen LogP contribution in [0, 0.1) is 12.8 Å². The highest BCUT2D eigenvalue weighted by atomic mass is 16.5. The Labute approximate surface area is 156 Å². The fourth-order valence-corrected chi connectivity index (χ4v) is 4.32. The van der Waals surface area contributed by atoms with Crippen molar-refractivity contribution in [3.05, 3.63) is 11.8 Å². The number of aromatic nitrogens is 2. The Morgan fingerprint density at radius 2 is 2.04 bits per heavy atom. The van der Waals surface area contributed by atoms with Crippen LogP contribution in [0.25, 0.3) is 0 Å². The third-order valence-corrected chi connectivity index (χ3v) is 5.80. The maximum absolute atomic E-state index is 11.6. The highest BCUT2D eigenvalue weighted by Gasteiger charge is 2.25. The SMILES string of the molecule is COc1cc(C)nc(N2CCCC(CCN(C=O)C3CCCCC3)C2)n1. The molecule has 1 amide bonds. The van der Waals surface area contributed by atoms with Crippen molar-refractivity contribution < 1.29 is 9.53 Å². The lowest BCUT2D eigenvalue weighted by Crippen LogP contribution is -2.40. The first-order valence-corrected chi connectivity index (χ1v) is 10.0. The molecule has 1 saturated heterocycles. The van der Waals surface area contributed by atoms with Crippen LogP contribution in [0.3, 0.4) is 0 Å². The summed E-state index contributed by atoms with van der Waals surface area (Å²) in [6.07, 6.45) is 10.7. The number of hydrogen-bond acceptors (Lipinski definition) is 5. The molecule has 0 aromatic carbocycles. The summed E-state index contributed by atoms with van der Waals surface area (Å²) in [5.74, 6) is 1.98. The van der Waals surface area contributed by atoms with Crippen LogP contribution in [0.5, 0.6) is 5.88 Å². The maximum Gasteiger partial charge on any atom is 0.228 e. The monoisotopic (exact) mass is 360 g/mol. The number of ether oxygens (including phenoxy) is 1. The molecule has 0 N–H and O–H groups in total. The smallest absolute Gasteiger partial charge is 0.228 e. The zero-order valence-electron chi connectivity index (χ0n) is 16.2. The highest BCUT2D eigenvalue weighted by Crippen LogP contribution is 2.26. The van der Waals surface area contributed by atoms with E-state index in [0.29, 0.717) is 17.8 Å². The van der Waals surface area contributed by atoms with Gasteiger partial charge in [0.2, 0.25) is 18.2 Å². The summed E-state index contributed by atoms with van der Waals surface area (Å²) in [5, 5.41) is 0. The van der Waals surface area contributed by atoms with Gasteiger partial charge in [-0.15, -0.1) is 0 Å². The third-order valence-electron chi connectivity index (χ3n) is 5.80. The van der Waals surface area contributed by atoms with E-state index in [0.717, 1.165) is 50.5 Å². The molecule has 1 aromatic heterocycles. The summed E-state index contributed by atoms with van der Waals surface area (Å²) in [5.41, 5.74) is 0.929. The van der Waals surface area contributed by atoms with Gasteiger partial charge in [-0.05, 0) is 44.9 Å². The van der Waals surface area contributed by atoms with Gasteiger partial charge in [-0.1, -0.05) is 19.3 Å². The molecular formula is C20H32N4O2. The molecule has 1 aliphatic heterocycles. The fraction of sp³-hybridized carbons (Fsp3) is 0.750. The van der Waals surface area contributed by atoms with Crippen LogP contribution in [0.1, 0.15) is 57.1 Å². The summed E-state index contributed by atoms with van der Waals surface area (Å²) in [4.78, 5) is 25.0. The molecule has 26 heavy (non-hydrogen) atoms. The molecule has 2 aliphatic rings. The molecule has 0 spiro atoms. The van der Waals surface area contributed by atoms with Crippen molar-refractivity contribution >= 4 is 12.4 Å². The number of aryl methyl sites for hydroxylation is 1. The van der Waals surface area contributed by atoms with Crippen LogP contribution < -0.4 is 9.64 Å². The zero-order valence-corrected chi connectivity index (χ0v) is 16.2. The standard InChI is InChI=1S/C20H32N4O2/c1-16-13-19(26-2)22-20(21-16)23-11-6-7-17(14-23)10-12-24(15-25)18-8-4-3-5-9-18/h13,15,17-18H,3-12,14H2,1-2H3. The number of amides is 1. The lowest BCUT2D eigenvalue weighted by Gasteiger charge is -2.36. The Balaban J connectivity index is 1.56. The molecule has 1 atom stereocenters. The maximum atomic E-state index is 11.6. The lowest BCUT2D eigenvalue weighted by atomic mass is 9.92. The van der Waals surface area contributed by atoms with Gasteiger partial charge in [0.1, 0.15) is 0 Å². The predicted octanol–water partition coefficient (Wildman–Crippen LogP) is 3.19. The second-order valence-electron chi connectivity index (χ2n) is 7.73. The van der Waals surface area contributed by atoms with Crippen molar-refractivity contribution in [2.75, 3.05) is 31.6 Å². The Hall–Kier alpha value is -1.85. The van der Waals surface area contributed by atoms with Crippen LogP contribution in [-0.2, 0) is 4.79 Å². The Bertz CT molecular complexity index is 589. The number of rotatable bonds is 7. The van der Waals surface area contributed by atoms with Gasteiger partial charge in [0.15, 0.2) is 0 Å². The van der Waals surface area contributed by atoms with Gasteiger partial charge in [-0.2, -0.15) is 4.98 Å². The number of anilines is 1. The quantitative estimate of drug-likeness (QED) is 0.699. The minimum atomic E-state index is 0.463. The number of carbonyl (C=O) groups is 1. The Kier molecular flexibility index (Phi) is 6.69. The van der Waals surface area contributed by atoms with Crippen molar-refractivity contribution in [1.82, 2.24) is 14.9 Å². The third kappa shape index (κ3) is 4.86. The minimum absolute atomic E-state index is 0.463. The molecule has 0 radical (unpaired) electrons.